The van der Waals surface area contributed by atoms with Crippen molar-refractivity contribution in [2.24, 2.45) is 11.5 Å². The van der Waals surface area contributed by atoms with Crippen LogP contribution in [-0.4, -0.2) is 5.91 Å². The summed E-state index contributed by atoms with van der Waals surface area (Å²) in [6.45, 7) is 0.448. The van der Waals surface area contributed by atoms with E-state index in [-0.39, 0.29) is 24.7 Å². The summed E-state index contributed by atoms with van der Waals surface area (Å²) in [5, 5.41) is 0. The lowest BCUT2D eigenvalue weighted by Gasteiger charge is -2.03. The molecule has 1 aromatic carbocycles. The third-order valence-electron chi connectivity index (χ3n) is 1.70. The maximum Gasteiger partial charge on any atom is 0.221 e. The van der Waals surface area contributed by atoms with Crippen molar-refractivity contribution in [3.05, 3.63) is 35.4 Å². The first-order chi connectivity index (χ1) is 5.74. The second kappa shape index (κ2) is 5.56. The standard InChI is InChI=1S/C9H12N2O.ClH/c10-6-8-4-2-1-3-7(8)5-9(11)12;/h1-4H,5-6,10H2,(H2,11,12);1H. The van der Waals surface area contributed by atoms with Gasteiger partial charge in [0, 0.05) is 6.54 Å². The van der Waals surface area contributed by atoms with E-state index < -0.39 is 0 Å². The fourth-order valence-electron chi connectivity index (χ4n) is 1.12. The third-order valence-corrected chi connectivity index (χ3v) is 1.70. The van der Waals surface area contributed by atoms with E-state index in [4.69, 9.17) is 11.5 Å². The average Bonchev–Trinajstić information content (AvgIpc) is 2.04. The van der Waals surface area contributed by atoms with Gasteiger partial charge < -0.3 is 11.5 Å². The molecule has 1 amide bonds. The Balaban J connectivity index is 0.00000144. The highest BCUT2D eigenvalue weighted by Crippen LogP contribution is 2.07. The van der Waals surface area contributed by atoms with Crippen molar-refractivity contribution in [3.63, 3.8) is 0 Å². The van der Waals surface area contributed by atoms with Crippen LogP contribution in [0, 0.1) is 0 Å². The van der Waals surface area contributed by atoms with Gasteiger partial charge >= 0.3 is 0 Å². The molecule has 0 bridgehead atoms. The Morgan fingerprint density at radius 3 is 2.23 bits per heavy atom. The van der Waals surface area contributed by atoms with Crippen LogP contribution in [0.3, 0.4) is 0 Å². The molecule has 72 valence electrons. The minimum absolute atomic E-state index is 0. The molecule has 4 heteroatoms. The Labute approximate surface area is 83.5 Å². The van der Waals surface area contributed by atoms with Crippen LogP contribution in [-0.2, 0) is 17.8 Å². The van der Waals surface area contributed by atoms with Gasteiger partial charge in [0.2, 0.25) is 5.91 Å². The number of carbonyl (C=O) groups excluding carboxylic acids is 1. The predicted molar refractivity (Wildman–Crippen MR) is 54.5 cm³/mol. The van der Waals surface area contributed by atoms with E-state index in [1.54, 1.807) is 0 Å². The molecule has 0 unspecified atom stereocenters. The highest BCUT2D eigenvalue weighted by molar-refractivity contribution is 5.85. The van der Waals surface area contributed by atoms with Crippen molar-refractivity contribution in [1.82, 2.24) is 0 Å². The lowest BCUT2D eigenvalue weighted by atomic mass is 10.0. The van der Waals surface area contributed by atoms with Gasteiger partial charge in [0.15, 0.2) is 0 Å². The Bertz CT molecular complexity index is 289. The van der Waals surface area contributed by atoms with E-state index in [0.717, 1.165) is 11.1 Å². The molecule has 0 aromatic heterocycles. The predicted octanol–water partition coefficient (Wildman–Crippen LogP) is 0.595. The molecule has 0 saturated carbocycles. The number of amides is 1. The van der Waals surface area contributed by atoms with Crippen LogP contribution < -0.4 is 11.5 Å². The van der Waals surface area contributed by atoms with Crippen LogP contribution >= 0.6 is 12.4 Å². The Morgan fingerprint density at radius 1 is 1.23 bits per heavy atom. The van der Waals surface area contributed by atoms with Crippen LogP contribution in [0.2, 0.25) is 0 Å². The molecule has 1 rings (SSSR count). The lowest BCUT2D eigenvalue weighted by molar-refractivity contribution is -0.117. The number of nitrogens with two attached hydrogens (primary N) is 2. The number of rotatable bonds is 3. The monoisotopic (exact) mass is 200 g/mol. The lowest BCUT2D eigenvalue weighted by Crippen LogP contribution is -2.15. The zero-order chi connectivity index (χ0) is 8.97. The fourth-order valence-corrected chi connectivity index (χ4v) is 1.12. The summed E-state index contributed by atoms with van der Waals surface area (Å²) >= 11 is 0. The van der Waals surface area contributed by atoms with Gasteiger partial charge in [0.1, 0.15) is 0 Å². The maximum absolute atomic E-state index is 10.6. The normalized spacial score (nSPS) is 9.00. The van der Waals surface area contributed by atoms with Gasteiger partial charge in [-0.2, -0.15) is 0 Å². The Hall–Kier alpha value is -1.06. The summed E-state index contributed by atoms with van der Waals surface area (Å²) in [4.78, 5) is 10.6. The van der Waals surface area contributed by atoms with E-state index in [1.807, 2.05) is 24.3 Å². The van der Waals surface area contributed by atoms with E-state index in [1.165, 1.54) is 0 Å². The minimum atomic E-state index is -0.323. The molecule has 4 N–H and O–H groups in total. The zero-order valence-corrected chi connectivity index (χ0v) is 8.01. The molecule has 0 radical (unpaired) electrons. The topological polar surface area (TPSA) is 69.1 Å². The number of halogens is 1. The molecule has 0 heterocycles. The fraction of sp³-hybridized carbons (Fsp3) is 0.222. The summed E-state index contributed by atoms with van der Waals surface area (Å²) < 4.78 is 0. The molecule has 0 aliphatic heterocycles. The zero-order valence-electron chi connectivity index (χ0n) is 7.19. The van der Waals surface area contributed by atoms with Crippen molar-refractivity contribution >= 4 is 18.3 Å². The highest BCUT2D eigenvalue weighted by Gasteiger charge is 2.02. The third kappa shape index (κ3) is 3.44. The first kappa shape index (κ1) is 11.9. The average molecular weight is 201 g/mol. The second-order valence-electron chi connectivity index (χ2n) is 2.62. The van der Waals surface area contributed by atoms with Gasteiger partial charge in [-0.15, -0.1) is 12.4 Å². The van der Waals surface area contributed by atoms with E-state index in [9.17, 15) is 4.79 Å². The van der Waals surface area contributed by atoms with Crippen LogP contribution in [0.25, 0.3) is 0 Å². The Kier molecular flexibility index (Phi) is 5.11. The number of carbonyl (C=O) groups is 1. The SMILES string of the molecule is Cl.NCc1ccccc1CC(N)=O. The van der Waals surface area contributed by atoms with Crippen LogP contribution in [0.4, 0.5) is 0 Å². The first-order valence-electron chi connectivity index (χ1n) is 3.79. The summed E-state index contributed by atoms with van der Waals surface area (Å²) in [6, 6.07) is 7.54. The highest BCUT2D eigenvalue weighted by atomic mass is 35.5. The molecule has 0 atom stereocenters. The van der Waals surface area contributed by atoms with Gasteiger partial charge in [-0.1, -0.05) is 24.3 Å². The van der Waals surface area contributed by atoms with Crippen molar-refractivity contribution < 1.29 is 4.79 Å². The number of primary amides is 1. The van der Waals surface area contributed by atoms with Gasteiger partial charge in [-0.25, -0.2) is 0 Å². The van der Waals surface area contributed by atoms with Crippen molar-refractivity contribution in [2.75, 3.05) is 0 Å². The molecule has 0 aliphatic carbocycles. The molecule has 0 saturated heterocycles. The number of hydrogen-bond acceptors (Lipinski definition) is 2. The smallest absolute Gasteiger partial charge is 0.221 e. The molecule has 0 fully saturated rings. The van der Waals surface area contributed by atoms with E-state index in [2.05, 4.69) is 0 Å². The van der Waals surface area contributed by atoms with Crippen LogP contribution in [0.1, 0.15) is 11.1 Å². The second-order valence-corrected chi connectivity index (χ2v) is 2.62. The van der Waals surface area contributed by atoms with Crippen molar-refractivity contribution in [3.8, 4) is 0 Å². The molecule has 0 spiro atoms. The molecule has 1 aromatic rings. The van der Waals surface area contributed by atoms with Gasteiger partial charge in [-0.3, -0.25) is 4.79 Å². The molecule has 13 heavy (non-hydrogen) atoms. The molecule has 3 nitrogen and oxygen atoms in total. The van der Waals surface area contributed by atoms with Crippen LogP contribution in [0.5, 0.6) is 0 Å². The molecule has 0 aliphatic rings. The van der Waals surface area contributed by atoms with Crippen LogP contribution in [0.15, 0.2) is 24.3 Å². The summed E-state index contributed by atoms with van der Waals surface area (Å²) in [5.41, 5.74) is 12.4. The Morgan fingerprint density at radius 2 is 1.77 bits per heavy atom. The van der Waals surface area contributed by atoms with Crippen molar-refractivity contribution in [1.29, 1.82) is 0 Å². The first-order valence-corrected chi connectivity index (χ1v) is 3.79. The largest absolute Gasteiger partial charge is 0.369 e. The molecular weight excluding hydrogens is 188 g/mol. The van der Waals surface area contributed by atoms with Gasteiger partial charge in [0.25, 0.3) is 0 Å². The quantitative estimate of drug-likeness (QED) is 0.750. The van der Waals surface area contributed by atoms with E-state index in [0.29, 0.717) is 6.54 Å². The van der Waals surface area contributed by atoms with Crippen molar-refractivity contribution in [2.45, 2.75) is 13.0 Å². The minimum Gasteiger partial charge on any atom is -0.369 e. The summed E-state index contributed by atoms with van der Waals surface area (Å²) in [6.07, 6.45) is 0.271. The number of hydrogen-bond donors (Lipinski definition) is 2. The summed E-state index contributed by atoms with van der Waals surface area (Å²) in [7, 11) is 0. The molecular formula is C9H13ClN2O. The van der Waals surface area contributed by atoms with Gasteiger partial charge in [-0.05, 0) is 11.1 Å². The summed E-state index contributed by atoms with van der Waals surface area (Å²) in [5.74, 6) is -0.323. The van der Waals surface area contributed by atoms with E-state index >= 15 is 0 Å². The maximum atomic E-state index is 10.6. The number of benzene rings is 1. The van der Waals surface area contributed by atoms with Gasteiger partial charge in [0.05, 0.1) is 6.42 Å².